The van der Waals surface area contributed by atoms with Crippen LogP contribution in [0.4, 0.5) is 4.39 Å². The quantitative estimate of drug-likeness (QED) is 0.759. The van der Waals surface area contributed by atoms with Crippen LogP contribution in [0.3, 0.4) is 0 Å². The molecule has 1 aliphatic rings. The maximum absolute atomic E-state index is 12.9. The first-order valence-corrected chi connectivity index (χ1v) is 4.71. The van der Waals surface area contributed by atoms with Gasteiger partial charge in [-0.3, -0.25) is 0 Å². The summed E-state index contributed by atoms with van der Waals surface area (Å²) in [5.41, 5.74) is 0.399. The molecule has 14 heavy (non-hydrogen) atoms. The Balaban J connectivity index is 2.30. The van der Waals surface area contributed by atoms with E-state index in [1.807, 2.05) is 0 Å². The molecular formula is C11H13FO2. The Hall–Kier alpha value is -0.930. The van der Waals surface area contributed by atoms with E-state index in [4.69, 9.17) is 5.11 Å². The molecule has 3 heteroatoms. The Labute approximate surface area is 82.0 Å². The summed E-state index contributed by atoms with van der Waals surface area (Å²) in [6, 6.07) is 6.25. The van der Waals surface area contributed by atoms with Gasteiger partial charge < -0.3 is 10.2 Å². The fraction of sp³-hybridized carbons (Fsp3) is 0.455. The van der Waals surface area contributed by atoms with Crippen molar-refractivity contribution in [2.75, 3.05) is 13.2 Å². The van der Waals surface area contributed by atoms with E-state index < -0.39 is 5.41 Å². The second-order valence-electron chi connectivity index (χ2n) is 3.91. The van der Waals surface area contributed by atoms with Crippen LogP contribution in [0, 0.1) is 11.7 Å². The first-order chi connectivity index (χ1) is 6.73. The standard InChI is InChI=1S/C11H13FO2/c12-10-3-1-2-8(4-10)11(7-14)5-9(11)6-13/h1-4,9,13-14H,5-7H2/t9?,11-/m1/s1. The van der Waals surface area contributed by atoms with Gasteiger partial charge in [-0.05, 0) is 30.0 Å². The highest BCUT2D eigenvalue weighted by atomic mass is 19.1. The van der Waals surface area contributed by atoms with Crippen LogP contribution in [-0.4, -0.2) is 23.4 Å². The number of halogens is 1. The van der Waals surface area contributed by atoms with E-state index in [1.54, 1.807) is 12.1 Å². The molecule has 1 aromatic carbocycles. The molecule has 0 radical (unpaired) electrons. The van der Waals surface area contributed by atoms with Gasteiger partial charge in [-0.2, -0.15) is 0 Å². The molecule has 1 unspecified atom stereocenters. The molecule has 2 N–H and O–H groups in total. The van der Waals surface area contributed by atoms with Gasteiger partial charge in [0.15, 0.2) is 0 Å². The summed E-state index contributed by atoms with van der Waals surface area (Å²) < 4.78 is 12.9. The summed E-state index contributed by atoms with van der Waals surface area (Å²) in [5, 5.41) is 18.3. The van der Waals surface area contributed by atoms with Gasteiger partial charge in [-0.15, -0.1) is 0 Å². The van der Waals surface area contributed by atoms with E-state index in [2.05, 4.69) is 0 Å². The van der Waals surface area contributed by atoms with Crippen molar-refractivity contribution in [2.24, 2.45) is 5.92 Å². The summed E-state index contributed by atoms with van der Waals surface area (Å²) in [7, 11) is 0. The van der Waals surface area contributed by atoms with Crippen LogP contribution < -0.4 is 0 Å². The molecule has 1 saturated carbocycles. The monoisotopic (exact) mass is 196 g/mol. The van der Waals surface area contributed by atoms with Gasteiger partial charge >= 0.3 is 0 Å². The summed E-state index contributed by atoms with van der Waals surface area (Å²) >= 11 is 0. The Kier molecular flexibility index (Phi) is 2.29. The third-order valence-electron chi connectivity index (χ3n) is 3.13. The Morgan fingerprint density at radius 2 is 2.21 bits per heavy atom. The molecule has 2 nitrogen and oxygen atoms in total. The predicted molar refractivity (Wildman–Crippen MR) is 50.4 cm³/mol. The van der Waals surface area contributed by atoms with Gasteiger partial charge in [0.2, 0.25) is 0 Å². The number of hydrogen-bond acceptors (Lipinski definition) is 2. The lowest BCUT2D eigenvalue weighted by Crippen LogP contribution is -2.17. The normalized spacial score (nSPS) is 30.4. The van der Waals surface area contributed by atoms with E-state index in [1.165, 1.54) is 12.1 Å². The summed E-state index contributed by atoms with van der Waals surface area (Å²) in [6.45, 7) is 0.0265. The molecule has 0 aromatic heterocycles. The molecule has 1 aromatic rings. The number of benzene rings is 1. The van der Waals surface area contributed by atoms with Crippen LogP contribution in [0.5, 0.6) is 0 Å². The predicted octanol–water partition coefficient (Wildman–Crippen LogP) is 1.07. The van der Waals surface area contributed by atoms with Crippen molar-refractivity contribution in [3.8, 4) is 0 Å². The maximum Gasteiger partial charge on any atom is 0.123 e. The zero-order valence-corrected chi connectivity index (χ0v) is 7.78. The zero-order valence-electron chi connectivity index (χ0n) is 7.78. The molecule has 1 aliphatic carbocycles. The molecule has 1 fully saturated rings. The molecule has 0 heterocycles. The molecule has 76 valence electrons. The van der Waals surface area contributed by atoms with Gasteiger partial charge in [0, 0.05) is 12.0 Å². The lowest BCUT2D eigenvalue weighted by atomic mass is 9.94. The van der Waals surface area contributed by atoms with Crippen LogP contribution in [-0.2, 0) is 5.41 Å². The number of aliphatic hydroxyl groups excluding tert-OH is 2. The smallest absolute Gasteiger partial charge is 0.123 e. The topological polar surface area (TPSA) is 40.5 Å². The first-order valence-electron chi connectivity index (χ1n) is 4.71. The van der Waals surface area contributed by atoms with E-state index in [0.29, 0.717) is 0 Å². The minimum absolute atomic E-state index is 0.0261. The fourth-order valence-corrected chi connectivity index (χ4v) is 2.06. The van der Waals surface area contributed by atoms with E-state index in [0.717, 1.165) is 12.0 Å². The minimum Gasteiger partial charge on any atom is -0.396 e. The number of aliphatic hydroxyl groups is 2. The van der Waals surface area contributed by atoms with E-state index >= 15 is 0 Å². The lowest BCUT2D eigenvalue weighted by molar-refractivity contribution is 0.213. The Bertz CT molecular complexity index is 340. The van der Waals surface area contributed by atoms with E-state index in [9.17, 15) is 9.50 Å². The third kappa shape index (κ3) is 1.33. The Morgan fingerprint density at radius 1 is 1.43 bits per heavy atom. The highest BCUT2D eigenvalue weighted by Gasteiger charge is 2.54. The second kappa shape index (κ2) is 3.33. The highest BCUT2D eigenvalue weighted by molar-refractivity contribution is 5.34. The van der Waals surface area contributed by atoms with E-state index in [-0.39, 0.29) is 24.9 Å². The average Bonchev–Trinajstić information content (AvgIpc) is 2.93. The highest BCUT2D eigenvalue weighted by Crippen LogP contribution is 2.53. The van der Waals surface area contributed by atoms with Gasteiger partial charge in [0.05, 0.1) is 6.61 Å². The summed E-state index contributed by atoms with van der Waals surface area (Å²) in [6.07, 6.45) is 0.740. The van der Waals surface area contributed by atoms with Gasteiger partial charge in [-0.25, -0.2) is 4.39 Å². The van der Waals surface area contributed by atoms with Crippen LogP contribution >= 0.6 is 0 Å². The first kappa shape index (κ1) is 9.62. The molecular weight excluding hydrogens is 183 g/mol. The van der Waals surface area contributed by atoms with Crippen molar-refractivity contribution in [1.29, 1.82) is 0 Å². The number of hydrogen-bond donors (Lipinski definition) is 2. The SMILES string of the molecule is OCC1C[C@@]1(CO)c1cccc(F)c1. The molecule has 2 rings (SSSR count). The van der Waals surface area contributed by atoms with Gasteiger partial charge in [-0.1, -0.05) is 12.1 Å². The number of rotatable bonds is 3. The summed E-state index contributed by atoms with van der Waals surface area (Å²) in [5.74, 6) is -0.215. The van der Waals surface area contributed by atoms with Crippen molar-refractivity contribution >= 4 is 0 Å². The fourth-order valence-electron chi connectivity index (χ4n) is 2.06. The van der Waals surface area contributed by atoms with Crippen molar-refractivity contribution in [1.82, 2.24) is 0 Å². The van der Waals surface area contributed by atoms with Crippen LogP contribution in [0.1, 0.15) is 12.0 Å². The van der Waals surface area contributed by atoms with Crippen LogP contribution in [0.2, 0.25) is 0 Å². The molecule has 2 atom stereocenters. The van der Waals surface area contributed by atoms with Gasteiger partial charge in [0.25, 0.3) is 0 Å². The van der Waals surface area contributed by atoms with Crippen LogP contribution in [0.15, 0.2) is 24.3 Å². The zero-order chi connectivity index (χ0) is 10.2. The summed E-state index contributed by atoms with van der Waals surface area (Å²) in [4.78, 5) is 0. The Morgan fingerprint density at radius 3 is 2.71 bits per heavy atom. The molecule has 0 aliphatic heterocycles. The average molecular weight is 196 g/mol. The second-order valence-corrected chi connectivity index (χ2v) is 3.91. The van der Waals surface area contributed by atoms with Crippen molar-refractivity contribution in [2.45, 2.75) is 11.8 Å². The van der Waals surface area contributed by atoms with Crippen LogP contribution in [0.25, 0.3) is 0 Å². The maximum atomic E-state index is 12.9. The molecule has 0 spiro atoms. The largest absolute Gasteiger partial charge is 0.396 e. The van der Waals surface area contributed by atoms with Gasteiger partial charge in [0.1, 0.15) is 5.82 Å². The van der Waals surface area contributed by atoms with Crippen molar-refractivity contribution in [3.05, 3.63) is 35.6 Å². The molecule has 0 saturated heterocycles. The lowest BCUT2D eigenvalue weighted by Gasteiger charge is -2.14. The third-order valence-corrected chi connectivity index (χ3v) is 3.13. The molecule has 0 bridgehead atoms. The van der Waals surface area contributed by atoms with Crippen molar-refractivity contribution < 1.29 is 14.6 Å². The van der Waals surface area contributed by atoms with Crippen molar-refractivity contribution in [3.63, 3.8) is 0 Å². The minimum atomic E-state index is -0.392. The molecule has 0 amide bonds.